The normalized spacial score (nSPS) is 7.60. The first kappa shape index (κ1) is 24.2. The van der Waals surface area contributed by atoms with Gasteiger partial charge in [-0.3, -0.25) is 4.90 Å². The third-order valence-electron chi connectivity index (χ3n) is 0.912. The Hall–Kier alpha value is -0.200. The second-order valence-electron chi connectivity index (χ2n) is 2.72. The zero-order chi connectivity index (χ0) is 13.1. The van der Waals surface area contributed by atoms with Crippen molar-refractivity contribution >= 4 is 0 Å². The SMILES string of the molecule is CCC.CCCN.CN.CN(CN)CN. The van der Waals surface area contributed by atoms with Gasteiger partial charge in [0.05, 0.1) is 0 Å². The van der Waals surface area contributed by atoms with Gasteiger partial charge < -0.3 is 22.9 Å². The molecule has 0 aromatic heterocycles. The summed E-state index contributed by atoms with van der Waals surface area (Å²) in [6.07, 6.45) is 2.35. The number of rotatable bonds is 3. The predicted octanol–water partition coefficient (Wildman–Crippen LogP) is 0.0969. The summed E-state index contributed by atoms with van der Waals surface area (Å²) < 4.78 is 0. The van der Waals surface area contributed by atoms with Crippen LogP contribution in [0.2, 0.25) is 0 Å². The molecular formula is C10H33N5. The summed E-state index contributed by atoms with van der Waals surface area (Å²) in [5, 5.41) is 0. The van der Waals surface area contributed by atoms with Crippen LogP contribution in [0, 0.1) is 0 Å². The van der Waals surface area contributed by atoms with Gasteiger partial charge in [-0.1, -0.05) is 27.2 Å². The lowest BCUT2D eigenvalue weighted by atomic mass is 10.5. The maximum absolute atomic E-state index is 5.13. The topological polar surface area (TPSA) is 107 Å². The van der Waals surface area contributed by atoms with Crippen LogP contribution < -0.4 is 22.9 Å². The first-order chi connectivity index (χ1) is 7.14. The first-order valence-electron chi connectivity index (χ1n) is 5.50. The average Bonchev–Trinajstić information content (AvgIpc) is 2.32. The van der Waals surface area contributed by atoms with E-state index in [-0.39, 0.29) is 0 Å². The van der Waals surface area contributed by atoms with Gasteiger partial charge in [0.2, 0.25) is 0 Å². The highest BCUT2D eigenvalue weighted by Crippen LogP contribution is 1.62. The van der Waals surface area contributed by atoms with Gasteiger partial charge in [-0.05, 0) is 27.1 Å². The van der Waals surface area contributed by atoms with Gasteiger partial charge in [0.1, 0.15) is 0 Å². The van der Waals surface area contributed by atoms with Crippen molar-refractivity contribution in [1.82, 2.24) is 4.90 Å². The van der Waals surface area contributed by atoms with Crippen molar-refractivity contribution in [3.63, 3.8) is 0 Å². The first-order valence-corrected chi connectivity index (χ1v) is 5.50. The van der Waals surface area contributed by atoms with Crippen LogP contribution in [0.15, 0.2) is 0 Å². The predicted molar refractivity (Wildman–Crippen MR) is 71.3 cm³/mol. The van der Waals surface area contributed by atoms with E-state index in [0.29, 0.717) is 13.3 Å². The van der Waals surface area contributed by atoms with Crippen molar-refractivity contribution in [3.8, 4) is 0 Å². The second kappa shape index (κ2) is 37.2. The van der Waals surface area contributed by atoms with Gasteiger partial charge in [0.15, 0.2) is 0 Å². The Bertz CT molecular complexity index is 55.8. The minimum absolute atomic E-state index is 0.538. The molecule has 0 rings (SSSR count). The molecule has 0 radical (unpaired) electrons. The molecule has 0 saturated heterocycles. The van der Waals surface area contributed by atoms with Gasteiger partial charge in [0, 0.05) is 13.3 Å². The molecule has 0 spiro atoms. The standard InChI is InChI=1S/C3H11N3.C3H9N.C3H8.CH5N/c1-6(2-4)3-5;1-2-3-4;1-3-2;1-2/h2-5H2,1H3;2-4H2,1H3;3H2,1-2H3;2H2,1H3. The number of nitrogens with zero attached hydrogens (tertiary/aromatic N) is 1. The molecule has 0 saturated carbocycles. The Morgan fingerprint density at radius 3 is 1.07 bits per heavy atom. The molecule has 0 aliphatic carbocycles. The third-order valence-corrected chi connectivity index (χ3v) is 0.912. The fraction of sp³-hybridized carbons (Fsp3) is 1.00. The van der Waals surface area contributed by atoms with Gasteiger partial charge in [-0.25, -0.2) is 0 Å². The fourth-order valence-corrected chi connectivity index (χ4v) is 0.0745. The molecule has 0 aliphatic heterocycles. The lowest BCUT2D eigenvalue weighted by Gasteiger charge is -2.07. The third kappa shape index (κ3) is 83.4. The van der Waals surface area contributed by atoms with Crippen LogP contribution in [0.5, 0.6) is 0 Å². The summed E-state index contributed by atoms with van der Waals surface area (Å²) in [4.78, 5) is 1.81. The van der Waals surface area contributed by atoms with Gasteiger partial charge in [0.25, 0.3) is 0 Å². The van der Waals surface area contributed by atoms with Gasteiger partial charge in [-0.15, -0.1) is 0 Å². The van der Waals surface area contributed by atoms with Crippen LogP contribution in [0.25, 0.3) is 0 Å². The minimum Gasteiger partial charge on any atom is -0.333 e. The highest BCUT2D eigenvalue weighted by molar-refractivity contribution is 4.32. The van der Waals surface area contributed by atoms with Crippen molar-refractivity contribution in [2.75, 3.05) is 34.0 Å². The van der Waals surface area contributed by atoms with Gasteiger partial charge in [-0.2, -0.15) is 0 Å². The van der Waals surface area contributed by atoms with E-state index >= 15 is 0 Å². The molecule has 5 nitrogen and oxygen atoms in total. The van der Waals surface area contributed by atoms with Gasteiger partial charge >= 0.3 is 0 Å². The van der Waals surface area contributed by atoms with Crippen molar-refractivity contribution in [2.24, 2.45) is 22.9 Å². The average molecular weight is 223 g/mol. The summed E-state index contributed by atoms with van der Waals surface area (Å²) in [6, 6.07) is 0. The molecule has 5 heteroatoms. The summed E-state index contributed by atoms with van der Waals surface area (Å²) in [5.41, 5.74) is 19.8. The van der Waals surface area contributed by atoms with Crippen molar-refractivity contribution in [1.29, 1.82) is 0 Å². The minimum atomic E-state index is 0.538. The molecule has 0 unspecified atom stereocenters. The van der Waals surface area contributed by atoms with Crippen molar-refractivity contribution in [2.45, 2.75) is 33.6 Å². The summed E-state index contributed by atoms with van der Waals surface area (Å²) in [5.74, 6) is 0. The molecule has 0 aliphatic rings. The van der Waals surface area contributed by atoms with Crippen LogP contribution in [-0.2, 0) is 0 Å². The lowest BCUT2D eigenvalue weighted by molar-refractivity contribution is 0.356. The maximum Gasteiger partial charge on any atom is 0.0464 e. The van der Waals surface area contributed by atoms with E-state index in [2.05, 4.69) is 26.5 Å². The lowest BCUT2D eigenvalue weighted by Crippen LogP contribution is -2.30. The highest BCUT2D eigenvalue weighted by atomic mass is 15.2. The smallest absolute Gasteiger partial charge is 0.0464 e. The Balaban J connectivity index is -0.0000000590. The molecule has 0 fully saturated rings. The molecule has 98 valence electrons. The van der Waals surface area contributed by atoms with E-state index < -0.39 is 0 Å². The molecule has 8 N–H and O–H groups in total. The van der Waals surface area contributed by atoms with Crippen LogP contribution in [-0.4, -0.2) is 38.9 Å². The maximum atomic E-state index is 5.13. The molecule has 0 heterocycles. The summed E-state index contributed by atoms with van der Waals surface area (Å²) in [6.45, 7) is 8.20. The Labute approximate surface area is 96.2 Å². The molecule has 0 amide bonds. The van der Waals surface area contributed by atoms with Crippen LogP contribution in [0.1, 0.15) is 33.6 Å². The fourth-order valence-electron chi connectivity index (χ4n) is 0.0745. The van der Waals surface area contributed by atoms with Crippen LogP contribution in [0.3, 0.4) is 0 Å². The van der Waals surface area contributed by atoms with E-state index in [1.165, 1.54) is 13.5 Å². The van der Waals surface area contributed by atoms with E-state index in [9.17, 15) is 0 Å². The van der Waals surface area contributed by atoms with Crippen molar-refractivity contribution in [3.05, 3.63) is 0 Å². The monoisotopic (exact) mass is 223 g/mol. The molecule has 0 atom stereocenters. The van der Waals surface area contributed by atoms with Crippen LogP contribution in [0.4, 0.5) is 0 Å². The molecular weight excluding hydrogens is 190 g/mol. The van der Waals surface area contributed by atoms with E-state index in [1.807, 2.05) is 7.05 Å². The molecule has 0 aromatic rings. The zero-order valence-electron chi connectivity index (χ0n) is 11.3. The van der Waals surface area contributed by atoms with E-state index in [0.717, 1.165) is 13.0 Å². The summed E-state index contributed by atoms with van der Waals surface area (Å²) in [7, 11) is 3.36. The number of hydrogen-bond donors (Lipinski definition) is 4. The highest BCUT2D eigenvalue weighted by Gasteiger charge is 1.81. The van der Waals surface area contributed by atoms with Crippen molar-refractivity contribution < 1.29 is 0 Å². The largest absolute Gasteiger partial charge is 0.333 e. The summed E-state index contributed by atoms with van der Waals surface area (Å²) >= 11 is 0. The van der Waals surface area contributed by atoms with E-state index in [1.54, 1.807) is 4.90 Å². The number of nitrogens with two attached hydrogens (primary N) is 4. The quantitative estimate of drug-likeness (QED) is 0.508. The Morgan fingerprint density at radius 2 is 1.07 bits per heavy atom. The van der Waals surface area contributed by atoms with Crippen LogP contribution >= 0.6 is 0 Å². The molecule has 0 aromatic carbocycles. The Morgan fingerprint density at radius 1 is 0.867 bits per heavy atom. The molecule has 15 heavy (non-hydrogen) atoms. The zero-order valence-corrected chi connectivity index (χ0v) is 11.3. The Kier molecular flexibility index (Phi) is 59.9. The van der Waals surface area contributed by atoms with E-state index in [4.69, 9.17) is 17.2 Å². The second-order valence-corrected chi connectivity index (χ2v) is 2.72. The number of hydrogen-bond acceptors (Lipinski definition) is 5. The molecule has 0 bridgehead atoms.